The van der Waals surface area contributed by atoms with E-state index in [1.807, 2.05) is 6.07 Å². The topological polar surface area (TPSA) is 29.3 Å². The van der Waals surface area contributed by atoms with Crippen LogP contribution >= 0.6 is 0 Å². The van der Waals surface area contributed by atoms with Crippen molar-refractivity contribution >= 4 is 0 Å². The van der Waals surface area contributed by atoms with Crippen LogP contribution in [-0.4, -0.2) is 24.5 Å². The van der Waals surface area contributed by atoms with E-state index in [0.717, 1.165) is 31.6 Å². The fraction of sp³-hybridized carbons (Fsp3) is 0.647. The van der Waals surface area contributed by atoms with Gasteiger partial charge in [0.25, 0.3) is 0 Å². The van der Waals surface area contributed by atoms with Crippen LogP contribution in [0.1, 0.15) is 50.8 Å². The molecular formula is C17H29FN2. The summed E-state index contributed by atoms with van der Waals surface area (Å²) in [7, 11) is 0. The Morgan fingerprint density at radius 2 is 2.00 bits per heavy atom. The van der Waals surface area contributed by atoms with Gasteiger partial charge in [-0.2, -0.15) is 0 Å². The van der Waals surface area contributed by atoms with E-state index in [9.17, 15) is 4.39 Å². The van der Waals surface area contributed by atoms with Crippen molar-refractivity contribution in [3.05, 3.63) is 35.1 Å². The largest absolute Gasteiger partial charge is 0.324 e. The van der Waals surface area contributed by atoms with Crippen LogP contribution in [0.3, 0.4) is 0 Å². The molecule has 0 fully saturated rings. The number of rotatable bonds is 8. The molecule has 114 valence electrons. The quantitative estimate of drug-likeness (QED) is 0.782. The highest BCUT2D eigenvalue weighted by atomic mass is 19.1. The summed E-state index contributed by atoms with van der Waals surface area (Å²) in [6.07, 6.45) is 2.07. The van der Waals surface area contributed by atoms with Crippen LogP contribution in [0, 0.1) is 18.7 Å². The van der Waals surface area contributed by atoms with E-state index in [0.29, 0.717) is 11.5 Å². The maximum absolute atomic E-state index is 13.6. The molecule has 0 aromatic heterocycles. The predicted octanol–water partition coefficient (Wildman–Crippen LogP) is 3.89. The molecule has 0 aliphatic heterocycles. The molecule has 0 saturated heterocycles. The molecule has 0 saturated carbocycles. The number of hydrogen-bond donors (Lipinski definition) is 1. The first-order valence-corrected chi connectivity index (χ1v) is 7.71. The second-order valence-corrected chi connectivity index (χ2v) is 5.81. The van der Waals surface area contributed by atoms with Crippen molar-refractivity contribution in [3.8, 4) is 0 Å². The molecule has 0 bridgehead atoms. The molecule has 0 aliphatic carbocycles. The zero-order valence-corrected chi connectivity index (χ0v) is 13.3. The Morgan fingerprint density at radius 3 is 2.55 bits per heavy atom. The highest BCUT2D eigenvalue weighted by Crippen LogP contribution is 2.18. The first kappa shape index (κ1) is 17.1. The average Bonchev–Trinajstić information content (AvgIpc) is 2.45. The monoisotopic (exact) mass is 280 g/mol. The van der Waals surface area contributed by atoms with E-state index in [2.05, 4.69) is 25.7 Å². The number of aryl methyl sites for hydroxylation is 1. The second-order valence-electron chi connectivity index (χ2n) is 5.81. The smallest absolute Gasteiger partial charge is 0.126 e. The second kappa shape index (κ2) is 8.38. The summed E-state index contributed by atoms with van der Waals surface area (Å²) >= 11 is 0. The molecule has 2 unspecified atom stereocenters. The molecule has 2 atom stereocenters. The molecule has 0 heterocycles. The molecule has 20 heavy (non-hydrogen) atoms. The third kappa shape index (κ3) is 5.22. The fourth-order valence-corrected chi connectivity index (χ4v) is 2.28. The minimum Gasteiger partial charge on any atom is -0.324 e. The molecule has 2 N–H and O–H groups in total. The molecule has 0 aliphatic rings. The summed E-state index contributed by atoms with van der Waals surface area (Å²) in [5, 5.41) is 0. The van der Waals surface area contributed by atoms with Gasteiger partial charge in [0.1, 0.15) is 5.82 Å². The summed E-state index contributed by atoms with van der Waals surface area (Å²) in [5.74, 6) is 0.549. The summed E-state index contributed by atoms with van der Waals surface area (Å²) in [6.45, 7) is 11.6. The molecule has 1 rings (SSSR count). The minimum absolute atomic E-state index is 0.0870. The summed E-state index contributed by atoms with van der Waals surface area (Å²) < 4.78 is 13.6. The van der Waals surface area contributed by atoms with E-state index in [4.69, 9.17) is 5.73 Å². The minimum atomic E-state index is -0.162. The van der Waals surface area contributed by atoms with Crippen LogP contribution in [0.15, 0.2) is 18.2 Å². The van der Waals surface area contributed by atoms with E-state index >= 15 is 0 Å². The third-order valence-electron chi connectivity index (χ3n) is 4.09. The van der Waals surface area contributed by atoms with Crippen molar-refractivity contribution in [1.29, 1.82) is 0 Å². The Balaban J connectivity index is 2.52. The molecule has 2 nitrogen and oxygen atoms in total. The highest BCUT2D eigenvalue weighted by Gasteiger charge is 2.12. The van der Waals surface area contributed by atoms with Crippen molar-refractivity contribution in [2.45, 2.75) is 46.6 Å². The van der Waals surface area contributed by atoms with Gasteiger partial charge in [0.05, 0.1) is 0 Å². The summed E-state index contributed by atoms with van der Waals surface area (Å²) in [5.41, 5.74) is 7.76. The summed E-state index contributed by atoms with van der Waals surface area (Å²) in [6, 6.07) is 5.23. The molecule has 3 heteroatoms. The van der Waals surface area contributed by atoms with Crippen molar-refractivity contribution in [1.82, 2.24) is 4.90 Å². The van der Waals surface area contributed by atoms with E-state index in [1.54, 1.807) is 19.1 Å². The van der Waals surface area contributed by atoms with Crippen molar-refractivity contribution < 1.29 is 4.39 Å². The normalized spacial score (nSPS) is 14.6. The summed E-state index contributed by atoms with van der Waals surface area (Å²) in [4.78, 5) is 2.43. The first-order valence-electron chi connectivity index (χ1n) is 7.71. The SMILES string of the molecule is CCC(C)CN(CC)CCC(N)c1ccc(C)c(F)c1. The van der Waals surface area contributed by atoms with Gasteiger partial charge in [0.2, 0.25) is 0 Å². The number of nitrogens with two attached hydrogens (primary N) is 1. The van der Waals surface area contributed by atoms with Crippen molar-refractivity contribution in [3.63, 3.8) is 0 Å². The van der Waals surface area contributed by atoms with Gasteiger partial charge in [-0.25, -0.2) is 4.39 Å². The van der Waals surface area contributed by atoms with Gasteiger partial charge in [-0.3, -0.25) is 0 Å². The van der Waals surface area contributed by atoms with Gasteiger partial charge in [-0.05, 0) is 49.5 Å². The standard InChI is InChI=1S/C17H29FN2/c1-5-13(3)12-20(6-2)10-9-17(19)15-8-7-14(4)16(18)11-15/h7-8,11,13,17H,5-6,9-10,12,19H2,1-4H3. The molecule has 1 aromatic carbocycles. The lowest BCUT2D eigenvalue weighted by molar-refractivity contribution is 0.237. The Hall–Kier alpha value is -0.930. The Morgan fingerprint density at radius 1 is 1.30 bits per heavy atom. The lowest BCUT2D eigenvalue weighted by Crippen LogP contribution is -2.31. The number of benzene rings is 1. The highest BCUT2D eigenvalue weighted by molar-refractivity contribution is 5.25. The molecule has 0 radical (unpaired) electrons. The van der Waals surface area contributed by atoms with Crippen LogP contribution in [0.5, 0.6) is 0 Å². The van der Waals surface area contributed by atoms with Gasteiger partial charge in [-0.15, -0.1) is 0 Å². The first-order chi connectivity index (χ1) is 9.47. The fourth-order valence-electron chi connectivity index (χ4n) is 2.28. The Bertz CT molecular complexity index is 406. The zero-order chi connectivity index (χ0) is 15.1. The number of nitrogens with zero attached hydrogens (tertiary/aromatic N) is 1. The molecule has 0 amide bonds. The number of hydrogen-bond acceptors (Lipinski definition) is 2. The molecular weight excluding hydrogens is 251 g/mol. The molecule has 0 spiro atoms. The maximum Gasteiger partial charge on any atom is 0.126 e. The third-order valence-corrected chi connectivity index (χ3v) is 4.09. The predicted molar refractivity (Wildman–Crippen MR) is 84.3 cm³/mol. The van der Waals surface area contributed by atoms with Gasteiger partial charge in [0, 0.05) is 12.6 Å². The van der Waals surface area contributed by atoms with Gasteiger partial charge in [0.15, 0.2) is 0 Å². The lowest BCUT2D eigenvalue weighted by Gasteiger charge is -2.25. The Kier molecular flexibility index (Phi) is 7.17. The van der Waals surface area contributed by atoms with E-state index < -0.39 is 0 Å². The van der Waals surface area contributed by atoms with Crippen LogP contribution in [0.25, 0.3) is 0 Å². The van der Waals surface area contributed by atoms with E-state index in [1.165, 1.54) is 6.42 Å². The van der Waals surface area contributed by atoms with Gasteiger partial charge in [-0.1, -0.05) is 39.3 Å². The van der Waals surface area contributed by atoms with Crippen LogP contribution < -0.4 is 5.73 Å². The van der Waals surface area contributed by atoms with Crippen LogP contribution in [0.2, 0.25) is 0 Å². The van der Waals surface area contributed by atoms with Crippen LogP contribution in [0.4, 0.5) is 4.39 Å². The van der Waals surface area contributed by atoms with Crippen molar-refractivity contribution in [2.24, 2.45) is 11.7 Å². The number of halogens is 1. The van der Waals surface area contributed by atoms with Crippen molar-refractivity contribution in [2.75, 3.05) is 19.6 Å². The maximum atomic E-state index is 13.6. The molecule has 1 aromatic rings. The van der Waals surface area contributed by atoms with Crippen LogP contribution in [-0.2, 0) is 0 Å². The van der Waals surface area contributed by atoms with Gasteiger partial charge < -0.3 is 10.6 Å². The average molecular weight is 280 g/mol. The van der Waals surface area contributed by atoms with E-state index in [-0.39, 0.29) is 11.9 Å². The Labute approximate surface area is 123 Å². The zero-order valence-electron chi connectivity index (χ0n) is 13.3. The lowest BCUT2D eigenvalue weighted by atomic mass is 10.0. The van der Waals surface area contributed by atoms with Gasteiger partial charge >= 0.3 is 0 Å².